The fourth-order valence-electron chi connectivity index (χ4n) is 3.27. The summed E-state index contributed by atoms with van der Waals surface area (Å²) in [6, 6.07) is 17.8. The minimum atomic E-state index is -0.874. The van der Waals surface area contributed by atoms with Crippen LogP contribution in [-0.2, 0) is 28.7 Å². The van der Waals surface area contributed by atoms with Crippen LogP contribution in [0.15, 0.2) is 72.8 Å². The van der Waals surface area contributed by atoms with E-state index in [1.54, 1.807) is 24.3 Å². The van der Waals surface area contributed by atoms with Gasteiger partial charge in [0.25, 0.3) is 11.8 Å². The van der Waals surface area contributed by atoms with Gasteiger partial charge in [-0.05, 0) is 52.0 Å². The Morgan fingerprint density at radius 1 is 0.647 bits per heavy atom. The molecule has 0 N–H and O–H groups in total. The van der Waals surface area contributed by atoms with Gasteiger partial charge in [-0.3, -0.25) is 9.59 Å². The molecule has 0 fully saturated rings. The number of hydrogen-bond acceptors (Lipinski definition) is 6. The maximum atomic E-state index is 12.5. The fourth-order valence-corrected chi connectivity index (χ4v) is 3.27. The SMILES string of the molecule is CC(C)N(C(=O)COC(=O)C=CC(=O)OCC(=O)N(c1ccccc1)C(C)C)c1ccccc1. The van der Waals surface area contributed by atoms with E-state index in [4.69, 9.17) is 9.47 Å². The summed E-state index contributed by atoms with van der Waals surface area (Å²) in [5, 5.41) is 0. The zero-order valence-electron chi connectivity index (χ0n) is 19.8. The molecule has 0 aromatic heterocycles. The van der Waals surface area contributed by atoms with Crippen molar-refractivity contribution >= 4 is 35.1 Å². The number of carbonyl (C=O) groups excluding carboxylic acids is 4. The third kappa shape index (κ3) is 7.88. The smallest absolute Gasteiger partial charge is 0.331 e. The van der Waals surface area contributed by atoms with Gasteiger partial charge in [-0.2, -0.15) is 0 Å². The highest BCUT2D eigenvalue weighted by Gasteiger charge is 2.21. The maximum Gasteiger partial charge on any atom is 0.331 e. The molecular formula is C26H30N2O6. The van der Waals surface area contributed by atoms with Gasteiger partial charge in [0.2, 0.25) is 0 Å². The van der Waals surface area contributed by atoms with Gasteiger partial charge in [0.1, 0.15) is 0 Å². The van der Waals surface area contributed by atoms with Gasteiger partial charge in [-0.25, -0.2) is 9.59 Å². The predicted molar refractivity (Wildman–Crippen MR) is 129 cm³/mol. The minimum absolute atomic E-state index is 0.141. The van der Waals surface area contributed by atoms with Gasteiger partial charge < -0.3 is 19.3 Å². The minimum Gasteiger partial charge on any atom is -0.452 e. The van der Waals surface area contributed by atoms with E-state index < -0.39 is 37.0 Å². The van der Waals surface area contributed by atoms with Crippen molar-refractivity contribution in [2.24, 2.45) is 0 Å². The summed E-state index contributed by atoms with van der Waals surface area (Å²) < 4.78 is 9.92. The van der Waals surface area contributed by atoms with E-state index in [2.05, 4.69) is 0 Å². The number of carbonyl (C=O) groups is 4. The van der Waals surface area contributed by atoms with Crippen LogP contribution < -0.4 is 9.80 Å². The monoisotopic (exact) mass is 466 g/mol. The number of para-hydroxylation sites is 2. The van der Waals surface area contributed by atoms with Gasteiger partial charge in [0.15, 0.2) is 13.2 Å². The lowest BCUT2D eigenvalue weighted by Crippen LogP contribution is -2.40. The Bertz CT molecular complexity index is 921. The van der Waals surface area contributed by atoms with Gasteiger partial charge >= 0.3 is 11.9 Å². The molecule has 0 saturated carbocycles. The highest BCUT2D eigenvalue weighted by atomic mass is 16.5. The highest BCUT2D eigenvalue weighted by molar-refractivity contribution is 5.98. The first-order chi connectivity index (χ1) is 16.2. The first-order valence-corrected chi connectivity index (χ1v) is 11.0. The number of nitrogens with zero attached hydrogens (tertiary/aromatic N) is 2. The molecule has 0 heterocycles. The van der Waals surface area contributed by atoms with Crippen molar-refractivity contribution in [2.75, 3.05) is 23.0 Å². The number of hydrogen-bond donors (Lipinski definition) is 0. The van der Waals surface area contributed by atoms with Crippen molar-refractivity contribution in [3.63, 3.8) is 0 Å². The van der Waals surface area contributed by atoms with Crippen LogP contribution in [0.2, 0.25) is 0 Å². The fraction of sp³-hybridized carbons (Fsp3) is 0.308. The topological polar surface area (TPSA) is 93.2 Å². The number of amides is 2. The zero-order chi connectivity index (χ0) is 25.1. The van der Waals surface area contributed by atoms with Crippen molar-refractivity contribution < 1.29 is 28.7 Å². The molecule has 0 saturated heterocycles. The summed E-state index contributed by atoms with van der Waals surface area (Å²) in [5.74, 6) is -2.54. The second-order valence-electron chi connectivity index (χ2n) is 7.93. The summed E-state index contributed by atoms with van der Waals surface area (Å²) in [5.41, 5.74) is 1.38. The van der Waals surface area contributed by atoms with Gasteiger partial charge in [-0.1, -0.05) is 36.4 Å². The first kappa shape index (κ1) is 26.3. The normalized spacial score (nSPS) is 10.9. The van der Waals surface area contributed by atoms with Gasteiger partial charge in [0.05, 0.1) is 0 Å². The van der Waals surface area contributed by atoms with E-state index in [0.717, 1.165) is 12.2 Å². The molecule has 2 rings (SSSR count). The van der Waals surface area contributed by atoms with Crippen molar-refractivity contribution in [2.45, 2.75) is 39.8 Å². The second kappa shape index (κ2) is 12.9. The largest absolute Gasteiger partial charge is 0.452 e. The third-order valence-electron chi connectivity index (χ3n) is 4.67. The van der Waals surface area contributed by atoms with E-state index in [9.17, 15) is 19.2 Å². The van der Waals surface area contributed by atoms with Crippen molar-refractivity contribution in [1.82, 2.24) is 0 Å². The third-order valence-corrected chi connectivity index (χ3v) is 4.67. The first-order valence-electron chi connectivity index (χ1n) is 11.0. The molecule has 0 aliphatic heterocycles. The van der Waals surface area contributed by atoms with E-state index in [1.165, 1.54) is 9.80 Å². The lowest BCUT2D eigenvalue weighted by molar-refractivity contribution is -0.144. The van der Waals surface area contributed by atoms with Crippen molar-refractivity contribution in [3.05, 3.63) is 72.8 Å². The van der Waals surface area contributed by atoms with Crippen LogP contribution in [-0.4, -0.2) is 49.1 Å². The van der Waals surface area contributed by atoms with E-state index >= 15 is 0 Å². The highest BCUT2D eigenvalue weighted by Crippen LogP contribution is 2.17. The Morgan fingerprint density at radius 3 is 1.26 bits per heavy atom. The molecule has 0 aliphatic rings. The summed E-state index contributed by atoms with van der Waals surface area (Å²) in [4.78, 5) is 52.0. The molecule has 34 heavy (non-hydrogen) atoms. The average Bonchev–Trinajstić information content (AvgIpc) is 2.81. The molecule has 0 unspecified atom stereocenters. The standard InChI is InChI=1S/C26H30N2O6/c1-19(2)27(21-11-7-5-8-12-21)23(29)17-33-25(31)15-16-26(32)34-18-24(30)28(20(3)4)22-13-9-6-10-14-22/h5-16,19-20H,17-18H2,1-4H3. The quantitative estimate of drug-likeness (QED) is 0.393. The molecule has 0 spiro atoms. The summed E-state index contributed by atoms with van der Waals surface area (Å²) in [7, 11) is 0. The van der Waals surface area contributed by atoms with E-state index in [1.807, 2.05) is 64.1 Å². The van der Waals surface area contributed by atoms with Crippen molar-refractivity contribution in [3.8, 4) is 0 Å². The summed E-state index contributed by atoms with van der Waals surface area (Å²) in [6.45, 7) is 6.43. The molecule has 0 radical (unpaired) electrons. The molecule has 2 aromatic rings. The lowest BCUT2D eigenvalue weighted by atomic mass is 10.2. The maximum absolute atomic E-state index is 12.5. The molecule has 180 valence electrons. The molecule has 0 bridgehead atoms. The molecular weight excluding hydrogens is 436 g/mol. The number of rotatable bonds is 10. The predicted octanol–water partition coefficient (Wildman–Crippen LogP) is 3.51. The van der Waals surface area contributed by atoms with Crippen LogP contribution in [0, 0.1) is 0 Å². The van der Waals surface area contributed by atoms with Crippen LogP contribution in [0.4, 0.5) is 11.4 Å². The van der Waals surface area contributed by atoms with Crippen LogP contribution >= 0.6 is 0 Å². The Kier molecular flexibility index (Phi) is 10.0. The van der Waals surface area contributed by atoms with Crippen LogP contribution in [0.5, 0.6) is 0 Å². The van der Waals surface area contributed by atoms with E-state index in [-0.39, 0.29) is 12.1 Å². The van der Waals surface area contributed by atoms with Crippen LogP contribution in [0.3, 0.4) is 0 Å². The van der Waals surface area contributed by atoms with Crippen LogP contribution in [0.25, 0.3) is 0 Å². The number of ether oxygens (including phenoxy) is 2. The molecule has 2 amide bonds. The van der Waals surface area contributed by atoms with E-state index in [0.29, 0.717) is 11.4 Å². The van der Waals surface area contributed by atoms with Crippen molar-refractivity contribution in [1.29, 1.82) is 0 Å². The average molecular weight is 467 g/mol. The number of anilines is 2. The number of benzene rings is 2. The Morgan fingerprint density at radius 2 is 0.971 bits per heavy atom. The second-order valence-corrected chi connectivity index (χ2v) is 7.93. The Hall–Kier alpha value is -3.94. The van der Waals surface area contributed by atoms with Gasteiger partial charge in [-0.15, -0.1) is 0 Å². The Balaban J connectivity index is 1.84. The molecule has 8 nitrogen and oxygen atoms in total. The molecule has 0 atom stereocenters. The summed E-state index contributed by atoms with van der Waals surface area (Å²) >= 11 is 0. The van der Waals surface area contributed by atoms with Gasteiger partial charge in [0, 0.05) is 35.6 Å². The molecule has 2 aromatic carbocycles. The summed E-state index contributed by atoms with van der Waals surface area (Å²) in [6.07, 6.45) is 1.72. The molecule has 8 heteroatoms. The van der Waals surface area contributed by atoms with Crippen LogP contribution in [0.1, 0.15) is 27.7 Å². The zero-order valence-corrected chi connectivity index (χ0v) is 19.8. The Labute approximate surface area is 199 Å². The molecule has 0 aliphatic carbocycles. The lowest BCUT2D eigenvalue weighted by Gasteiger charge is -2.26. The number of esters is 2.